The van der Waals surface area contributed by atoms with Gasteiger partial charge in [0.1, 0.15) is 17.4 Å². The lowest BCUT2D eigenvalue weighted by molar-refractivity contribution is -0.119. The zero-order valence-electron chi connectivity index (χ0n) is 11.7. The number of anilines is 1. The van der Waals surface area contributed by atoms with E-state index in [0.29, 0.717) is 24.5 Å². The number of aromatic nitrogens is 2. The van der Waals surface area contributed by atoms with E-state index in [1.165, 1.54) is 0 Å². The Morgan fingerprint density at radius 1 is 1.11 bits per heavy atom. The molecule has 0 unspecified atom stereocenters. The molecule has 0 bridgehead atoms. The quantitative estimate of drug-likeness (QED) is 0.805. The molecule has 1 aliphatic heterocycles. The van der Waals surface area contributed by atoms with Crippen molar-refractivity contribution in [1.82, 2.24) is 9.97 Å². The van der Waals surface area contributed by atoms with Crippen LogP contribution in [-0.2, 0) is 4.79 Å². The molecule has 0 atom stereocenters. The van der Waals surface area contributed by atoms with Crippen LogP contribution in [0.4, 0.5) is 5.82 Å². The van der Waals surface area contributed by atoms with Crippen molar-refractivity contribution >= 4 is 11.6 Å². The minimum Gasteiger partial charge on any atom is -0.355 e. The average Bonchev–Trinajstić information content (AvgIpc) is 2.33. The second kappa shape index (κ2) is 5.04. The van der Waals surface area contributed by atoms with Crippen molar-refractivity contribution in [3.05, 3.63) is 17.1 Å². The summed E-state index contributed by atoms with van der Waals surface area (Å²) in [5.74, 6) is 2.59. The van der Waals surface area contributed by atoms with Crippen LogP contribution in [0.1, 0.15) is 49.7 Å². The van der Waals surface area contributed by atoms with Crippen LogP contribution in [0.15, 0.2) is 0 Å². The van der Waals surface area contributed by atoms with Crippen molar-refractivity contribution in [1.29, 1.82) is 0 Å². The fourth-order valence-electron chi connectivity index (χ4n) is 2.17. The Bertz CT molecular complexity index is 458. The molecule has 1 aliphatic rings. The molecule has 1 saturated heterocycles. The lowest BCUT2D eigenvalue weighted by Gasteiger charge is -2.29. The molecule has 1 aromatic rings. The zero-order chi connectivity index (χ0) is 13.3. The van der Waals surface area contributed by atoms with Gasteiger partial charge in [-0.15, -0.1) is 0 Å². The number of ketones is 1. The summed E-state index contributed by atoms with van der Waals surface area (Å²) in [4.78, 5) is 22.7. The largest absolute Gasteiger partial charge is 0.355 e. The maximum absolute atomic E-state index is 11.3. The number of nitrogens with zero attached hydrogens (tertiary/aromatic N) is 3. The molecule has 0 N–H and O–H groups in total. The summed E-state index contributed by atoms with van der Waals surface area (Å²) in [7, 11) is 0. The highest BCUT2D eigenvalue weighted by atomic mass is 16.1. The van der Waals surface area contributed by atoms with Gasteiger partial charge in [-0.2, -0.15) is 0 Å². The van der Waals surface area contributed by atoms with Gasteiger partial charge in [0, 0.05) is 43.1 Å². The molecule has 0 saturated carbocycles. The molecular formula is C14H21N3O. The Balaban J connectivity index is 2.34. The number of carbonyl (C=O) groups excluding carboxylic acids is 1. The maximum Gasteiger partial charge on any atom is 0.136 e. The molecule has 4 nitrogen and oxygen atoms in total. The van der Waals surface area contributed by atoms with Crippen molar-refractivity contribution in [2.45, 2.75) is 46.5 Å². The third kappa shape index (κ3) is 2.52. The van der Waals surface area contributed by atoms with Crippen LogP contribution in [0, 0.1) is 13.8 Å². The normalized spacial score (nSPS) is 16.5. The first kappa shape index (κ1) is 13.0. The molecule has 1 aromatic heterocycles. The van der Waals surface area contributed by atoms with E-state index >= 15 is 0 Å². The zero-order valence-corrected chi connectivity index (χ0v) is 11.7. The molecule has 98 valence electrons. The van der Waals surface area contributed by atoms with Crippen molar-refractivity contribution < 1.29 is 4.79 Å². The monoisotopic (exact) mass is 247 g/mol. The lowest BCUT2D eigenvalue weighted by Crippen LogP contribution is -2.35. The first-order chi connectivity index (χ1) is 8.49. The van der Waals surface area contributed by atoms with E-state index in [1.807, 2.05) is 6.92 Å². The highest BCUT2D eigenvalue weighted by Crippen LogP contribution is 2.24. The SMILES string of the molecule is Cc1nc(C(C)C)nc(N2CCC(=O)CC2)c1C. The van der Waals surface area contributed by atoms with E-state index in [4.69, 9.17) is 0 Å². The number of rotatable bonds is 2. The molecular weight excluding hydrogens is 226 g/mol. The predicted octanol–water partition coefficient (Wildman–Crippen LogP) is 2.39. The van der Waals surface area contributed by atoms with Gasteiger partial charge in [-0.25, -0.2) is 9.97 Å². The Kier molecular flexibility index (Phi) is 3.64. The summed E-state index contributed by atoms with van der Waals surface area (Å²) in [6.45, 7) is 9.87. The molecule has 0 aliphatic carbocycles. The van der Waals surface area contributed by atoms with Crippen LogP contribution in [-0.4, -0.2) is 28.8 Å². The average molecular weight is 247 g/mol. The number of Topliss-reactive ketones (excluding diaryl/α,β-unsaturated/α-hetero) is 1. The summed E-state index contributed by atoms with van der Waals surface area (Å²) >= 11 is 0. The minimum atomic E-state index is 0.328. The maximum atomic E-state index is 11.3. The molecule has 0 spiro atoms. The van der Waals surface area contributed by atoms with Crippen LogP contribution >= 0.6 is 0 Å². The number of hydrogen-bond donors (Lipinski definition) is 0. The van der Waals surface area contributed by atoms with Crippen LogP contribution in [0.5, 0.6) is 0 Å². The van der Waals surface area contributed by atoms with Gasteiger partial charge in [0.2, 0.25) is 0 Å². The Morgan fingerprint density at radius 3 is 2.28 bits per heavy atom. The number of aryl methyl sites for hydroxylation is 1. The summed E-state index contributed by atoms with van der Waals surface area (Å²) in [5, 5.41) is 0. The minimum absolute atomic E-state index is 0.328. The summed E-state index contributed by atoms with van der Waals surface area (Å²) in [5.41, 5.74) is 2.18. The number of piperidine rings is 1. The van der Waals surface area contributed by atoms with Crippen LogP contribution in [0.3, 0.4) is 0 Å². The molecule has 2 rings (SSSR count). The van der Waals surface area contributed by atoms with Gasteiger partial charge >= 0.3 is 0 Å². The number of hydrogen-bond acceptors (Lipinski definition) is 4. The van der Waals surface area contributed by atoms with E-state index in [1.54, 1.807) is 0 Å². The molecule has 4 heteroatoms. The standard InChI is InChI=1S/C14H21N3O/c1-9(2)13-15-11(4)10(3)14(16-13)17-7-5-12(18)6-8-17/h9H,5-8H2,1-4H3. The molecule has 0 radical (unpaired) electrons. The molecule has 0 amide bonds. The Hall–Kier alpha value is -1.45. The summed E-state index contributed by atoms with van der Waals surface area (Å²) < 4.78 is 0. The Labute approximate surface area is 108 Å². The van der Waals surface area contributed by atoms with Crippen LogP contribution < -0.4 is 4.90 Å². The van der Waals surface area contributed by atoms with Gasteiger partial charge in [0.15, 0.2) is 0 Å². The van der Waals surface area contributed by atoms with Gasteiger partial charge in [-0.3, -0.25) is 4.79 Å². The Morgan fingerprint density at radius 2 is 1.72 bits per heavy atom. The van der Waals surface area contributed by atoms with Crippen molar-refractivity contribution in [3.63, 3.8) is 0 Å². The van der Waals surface area contributed by atoms with Gasteiger partial charge in [-0.1, -0.05) is 13.8 Å². The summed E-state index contributed by atoms with van der Waals surface area (Å²) in [6.07, 6.45) is 1.28. The van der Waals surface area contributed by atoms with Gasteiger partial charge in [0.05, 0.1) is 0 Å². The fourth-order valence-corrected chi connectivity index (χ4v) is 2.17. The molecule has 0 aromatic carbocycles. The molecule has 1 fully saturated rings. The first-order valence-electron chi connectivity index (χ1n) is 6.61. The topological polar surface area (TPSA) is 46.1 Å². The van der Waals surface area contributed by atoms with E-state index < -0.39 is 0 Å². The van der Waals surface area contributed by atoms with E-state index in [-0.39, 0.29) is 0 Å². The second-order valence-corrected chi connectivity index (χ2v) is 5.30. The molecule has 2 heterocycles. The highest BCUT2D eigenvalue weighted by Gasteiger charge is 2.21. The van der Waals surface area contributed by atoms with Crippen LogP contribution in [0.25, 0.3) is 0 Å². The second-order valence-electron chi connectivity index (χ2n) is 5.30. The summed E-state index contributed by atoms with van der Waals surface area (Å²) in [6, 6.07) is 0. The highest BCUT2D eigenvalue weighted by molar-refractivity contribution is 5.81. The van der Waals surface area contributed by atoms with Gasteiger partial charge in [-0.05, 0) is 13.8 Å². The smallest absolute Gasteiger partial charge is 0.136 e. The third-order valence-corrected chi connectivity index (χ3v) is 3.52. The fraction of sp³-hybridized carbons (Fsp3) is 0.643. The molecule has 18 heavy (non-hydrogen) atoms. The first-order valence-corrected chi connectivity index (χ1v) is 6.61. The van der Waals surface area contributed by atoms with Crippen molar-refractivity contribution in [3.8, 4) is 0 Å². The van der Waals surface area contributed by atoms with E-state index in [0.717, 1.165) is 36.0 Å². The third-order valence-electron chi connectivity index (χ3n) is 3.52. The van der Waals surface area contributed by atoms with Crippen molar-refractivity contribution in [2.24, 2.45) is 0 Å². The van der Waals surface area contributed by atoms with Crippen molar-refractivity contribution in [2.75, 3.05) is 18.0 Å². The predicted molar refractivity (Wildman–Crippen MR) is 72.0 cm³/mol. The van der Waals surface area contributed by atoms with E-state index in [2.05, 4.69) is 35.6 Å². The van der Waals surface area contributed by atoms with Gasteiger partial charge < -0.3 is 4.90 Å². The number of carbonyl (C=O) groups is 1. The van der Waals surface area contributed by atoms with Crippen LogP contribution in [0.2, 0.25) is 0 Å². The van der Waals surface area contributed by atoms with Gasteiger partial charge in [0.25, 0.3) is 0 Å². The van der Waals surface area contributed by atoms with E-state index in [9.17, 15) is 4.79 Å². The lowest BCUT2D eigenvalue weighted by atomic mass is 10.1.